The largest absolute Gasteiger partial charge is 0.480 e. The summed E-state index contributed by atoms with van der Waals surface area (Å²) in [6.45, 7) is 2.99. The van der Waals surface area contributed by atoms with Crippen LogP contribution in [0.15, 0.2) is 12.4 Å². The van der Waals surface area contributed by atoms with E-state index >= 15 is 0 Å². The lowest BCUT2D eigenvalue weighted by atomic mass is 10.3. The molecule has 7 heteroatoms. The first kappa shape index (κ1) is 15.2. The van der Waals surface area contributed by atoms with Gasteiger partial charge in [-0.25, -0.2) is 4.79 Å². The fourth-order valence-corrected chi connectivity index (χ4v) is 1.48. The van der Waals surface area contributed by atoms with Crippen LogP contribution in [0.4, 0.5) is 0 Å². The first-order chi connectivity index (χ1) is 8.91. The second-order valence-corrected chi connectivity index (χ2v) is 4.64. The molecule has 2 N–H and O–H groups in total. The lowest BCUT2D eigenvalue weighted by Crippen LogP contribution is -2.26. The van der Waals surface area contributed by atoms with Gasteiger partial charge in [0.05, 0.1) is 11.8 Å². The number of aliphatic carboxylic acids is 1. The Labute approximate surface area is 112 Å². The maximum absolute atomic E-state index is 11.8. The van der Waals surface area contributed by atoms with Crippen molar-refractivity contribution in [1.82, 2.24) is 20.0 Å². The van der Waals surface area contributed by atoms with Crippen LogP contribution in [0, 0.1) is 0 Å². The molecule has 1 atom stereocenters. The lowest BCUT2D eigenvalue weighted by molar-refractivity contribution is -0.140. The molecule has 0 saturated heterocycles. The summed E-state index contributed by atoms with van der Waals surface area (Å²) < 4.78 is 1.26. The second kappa shape index (κ2) is 6.89. The number of carboxylic acid groups (broad SMARTS) is 1. The van der Waals surface area contributed by atoms with Gasteiger partial charge < -0.3 is 15.3 Å². The molecule has 1 aromatic heterocycles. The van der Waals surface area contributed by atoms with Gasteiger partial charge in [0, 0.05) is 12.7 Å². The van der Waals surface area contributed by atoms with E-state index in [1.165, 1.54) is 24.0 Å². The number of carbonyl (C=O) groups is 2. The van der Waals surface area contributed by atoms with Crippen molar-refractivity contribution >= 4 is 11.9 Å². The molecular weight excluding hydrogens is 248 g/mol. The van der Waals surface area contributed by atoms with Gasteiger partial charge in [-0.2, -0.15) is 5.10 Å². The van der Waals surface area contributed by atoms with E-state index < -0.39 is 12.0 Å². The summed E-state index contributed by atoms with van der Waals surface area (Å²) in [5.41, 5.74) is 0.373. The number of hydrogen-bond donors (Lipinski definition) is 2. The van der Waals surface area contributed by atoms with Crippen molar-refractivity contribution in [3.63, 3.8) is 0 Å². The van der Waals surface area contributed by atoms with Gasteiger partial charge in [-0.05, 0) is 34.0 Å². The molecule has 0 saturated carbocycles. The zero-order valence-corrected chi connectivity index (χ0v) is 11.5. The van der Waals surface area contributed by atoms with Gasteiger partial charge in [0.2, 0.25) is 0 Å². The number of rotatable bonds is 7. The van der Waals surface area contributed by atoms with Crippen molar-refractivity contribution in [2.45, 2.75) is 19.4 Å². The van der Waals surface area contributed by atoms with Gasteiger partial charge in [-0.3, -0.25) is 9.48 Å². The second-order valence-electron chi connectivity index (χ2n) is 4.64. The molecule has 0 aliphatic rings. The van der Waals surface area contributed by atoms with E-state index in [1.807, 2.05) is 19.0 Å². The summed E-state index contributed by atoms with van der Waals surface area (Å²) in [5.74, 6) is -1.22. The quantitative estimate of drug-likeness (QED) is 0.690. The van der Waals surface area contributed by atoms with Crippen LogP contribution in [0.2, 0.25) is 0 Å². The van der Waals surface area contributed by atoms with Crippen molar-refractivity contribution < 1.29 is 14.7 Å². The molecule has 0 aromatic carbocycles. The smallest absolute Gasteiger partial charge is 0.328 e. The molecule has 1 aromatic rings. The summed E-state index contributed by atoms with van der Waals surface area (Å²) in [4.78, 5) is 24.6. The van der Waals surface area contributed by atoms with Gasteiger partial charge in [0.25, 0.3) is 5.91 Å². The molecule has 0 spiro atoms. The molecule has 1 rings (SSSR count). The van der Waals surface area contributed by atoms with Crippen molar-refractivity contribution in [2.75, 3.05) is 27.2 Å². The van der Waals surface area contributed by atoms with E-state index in [4.69, 9.17) is 5.11 Å². The number of amides is 1. The third-order valence-electron chi connectivity index (χ3n) is 2.69. The fraction of sp³-hybridized carbons (Fsp3) is 0.583. The van der Waals surface area contributed by atoms with Gasteiger partial charge in [-0.15, -0.1) is 0 Å². The maximum Gasteiger partial charge on any atom is 0.328 e. The highest BCUT2D eigenvalue weighted by Gasteiger charge is 2.16. The van der Waals surface area contributed by atoms with Gasteiger partial charge in [0.1, 0.15) is 6.04 Å². The molecular formula is C12H20N4O3. The minimum Gasteiger partial charge on any atom is -0.480 e. The number of nitrogens with zero attached hydrogens (tertiary/aromatic N) is 3. The Bertz CT molecular complexity index is 442. The molecule has 0 radical (unpaired) electrons. The standard InChI is InChI=1S/C12H20N4O3/c1-9(12(18)19)16-8-10(7-14-16)11(17)13-5-4-6-15(2)3/h7-9H,4-6H2,1-3H3,(H,13,17)(H,18,19). The van der Waals surface area contributed by atoms with E-state index in [1.54, 1.807) is 0 Å². The Morgan fingerprint density at radius 3 is 2.79 bits per heavy atom. The van der Waals surface area contributed by atoms with Crippen molar-refractivity contribution in [3.05, 3.63) is 18.0 Å². The van der Waals surface area contributed by atoms with E-state index in [2.05, 4.69) is 10.4 Å². The highest BCUT2D eigenvalue weighted by atomic mass is 16.4. The van der Waals surface area contributed by atoms with Crippen LogP contribution >= 0.6 is 0 Å². The van der Waals surface area contributed by atoms with E-state index in [-0.39, 0.29) is 5.91 Å². The molecule has 0 bridgehead atoms. The normalized spacial score (nSPS) is 12.4. The predicted octanol–water partition coefficient (Wildman–Crippen LogP) is 0.210. The van der Waals surface area contributed by atoms with E-state index in [9.17, 15) is 9.59 Å². The summed E-state index contributed by atoms with van der Waals surface area (Å²) in [7, 11) is 3.94. The summed E-state index contributed by atoms with van der Waals surface area (Å²) in [6.07, 6.45) is 3.68. The molecule has 0 aliphatic heterocycles. The Balaban J connectivity index is 2.47. The molecule has 1 amide bonds. The first-order valence-corrected chi connectivity index (χ1v) is 6.11. The molecule has 19 heavy (non-hydrogen) atoms. The van der Waals surface area contributed by atoms with Crippen molar-refractivity contribution in [1.29, 1.82) is 0 Å². The van der Waals surface area contributed by atoms with Crippen molar-refractivity contribution in [3.8, 4) is 0 Å². The van der Waals surface area contributed by atoms with Crippen LogP contribution in [-0.4, -0.2) is 58.8 Å². The SMILES string of the molecule is CC(C(=O)O)n1cc(C(=O)NCCCN(C)C)cn1. The number of carbonyl (C=O) groups excluding carboxylic acids is 1. The molecule has 0 aliphatic carbocycles. The van der Waals surface area contributed by atoms with Gasteiger partial charge in [-0.1, -0.05) is 0 Å². The van der Waals surface area contributed by atoms with Crippen LogP contribution in [0.25, 0.3) is 0 Å². The first-order valence-electron chi connectivity index (χ1n) is 6.11. The number of aromatic nitrogens is 2. The van der Waals surface area contributed by atoms with Gasteiger partial charge >= 0.3 is 5.97 Å². The van der Waals surface area contributed by atoms with Crippen LogP contribution < -0.4 is 5.32 Å². The Morgan fingerprint density at radius 2 is 2.21 bits per heavy atom. The Hall–Kier alpha value is -1.89. The zero-order chi connectivity index (χ0) is 14.4. The summed E-state index contributed by atoms with van der Waals surface area (Å²) in [5, 5.41) is 15.5. The predicted molar refractivity (Wildman–Crippen MR) is 70.1 cm³/mol. The fourth-order valence-electron chi connectivity index (χ4n) is 1.48. The number of carboxylic acids is 1. The van der Waals surface area contributed by atoms with Crippen LogP contribution in [0.3, 0.4) is 0 Å². The van der Waals surface area contributed by atoms with Crippen LogP contribution in [-0.2, 0) is 4.79 Å². The van der Waals surface area contributed by atoms with E-state index in [0.29, 0.717) is 12.1 Å². The molecule has 1 heterocycles. The minimum absolute atomic E-state index is 0.234. The molecule has 106 valence electrons. The summed E-state index contributed by atoms with van der Waals surface area (Å²) >= 11 is 0. The number of hydrogen-bond acceptors (Lipinski definition) is 4. The maximum atomic E-state index is 11.8. The zero-order valence-electron chi connectivity index (χ0n) is 11.5. The minimum atomic E-state index is -0.985. The Morgan fingerprint density at radius 1 is 1.53 bits per heavy atom. The third-order valence-corrected chi connectivity index (χ3v) is 2.69. The van der Waals surface area contributed by atoms with Crippen LogP contribution in [0.5, 0.6) is 0 Å². The topological polar surface area (TPSA) is 87.5 Å². The highest BCUT2D eigenvalue weighted by Crippen LogP contribution is 2.06. The Kier molecular flexibility index (Phi) is 5.50. The molecule has 7 nitrogen and oxygen atoms in total. The van der Waals surface area contributed by atoms with Crippen LogP contribution in [0.1, 0.15) is 29.7 Å². The average Bonchev–Trinajstić information content (AvgIpc) is 2.82. The lowest BCUT2D eigenvalue weighted by Gasteiger charge is -2.09. The molecule has 0 fully saturated rings. The van der Waals surface area contributed by atoms with Crippen molar-refractivity contribution in [2.24, 2.45) is 0 Å². The monoisotopic (exact) mass is 268 g/mol. The molecule has 1 unspecified atom stereocenters. The highest BCUT2D eigenvalue weighted by molar-refractivity contribution is 5.93. The van der Waals surface area contributed by atoms with Gasteiger partial charge in [0.15, 0.2) is 0 Å². The summed E-state index contributed by atoms with van der Waals surface area (Å²) in [6, 6.07) is -0.782. The third kappa shape index (κ3) is 4.70. The van der Waals surface area contributed by atoms with E-state index in [0.717, 1.165) is 13.0 Å². The average molecular weight is 268 g/mol. The number of nitrogens with one attached hydrogen (secondary N) is 1.